The molecule has 4 nitrogen and oxygen atoms in total. The quantitative estimate of drug-likeness (QED) is 0.929. The minimum atomic E-state index is -0.131. The van der Waals surface area contributed by atoms with Gasteiger partial charge in [-0.05, 0) is 23.8 Å². The summed E-state index contributed by atoms with van der Waals surface area (Å²) in [6.07, 6.45) is 3.74. The number of benzene rings is 1. The molecule has 0 aliphatic rings. The zero-order valence-corrected chi connectivity index (χ0v) is 11.9. The first-order valence-electron chi connectivity index (χ1n) is 6.52. The minimum absolute atomic E-state index is 0.131. The Labute approximate surface area is 118 Å². The van der Waals surface area contributed by atoms with Gasteiger partial charge < -0.3 is 9.72 Å². The van der Waals surface area contributed by atoms with E-state index in [1.807, 2.05) is 50.3 Å². The lowest BCUT2D eigenvalue weighted by Gasteiger charge is -2.04. The first-order valence-corrected chi connectivity index (χ1v) is 6.52. The Hall–Kier alpha value is -2.36. The van der Waals surface area contributed by atoms with Crippen molar-refractivity contribution in [2.45, 2.75) is 19.8 Å². The van der Waals surface area contributed by atoms with Crippen molar-refractivity contribution < 1.29 is 4.74 Å². The lowest BCUT2D eigenvalue weighted by Crippen LogP contribution is -2.12. The maximum Gasteiger partial charge on any atom is 0.251 e. The van der Waals surface area contributed by atoms with Crippen LogP contribution >= 0.6 is 0 Å². The van der Waals surface area contributed by atoms with E-state index in [0.29, 0.717) is 11.5 Å². The Morgan fingerprint density at radius 1 is 1.25 bits per heavy atom. The number of nitrogens with zero attached hydrogens (tertiary/aromatic N) is 1. The van der Waals surface area contributed by atoms with Crippen molar-refractivity contribution in [3.63, 3.8) is 0 Å². The van der Waals surface area contributed by atoms with Crippen molar-refractivity contribution in [2.75, 3.05) is 7.11 Å². The molecule has 0 saturated carbocycles. The summed E-state index contributed by atoms with van der Waals surface area (Å²) in [5.74, 6) is 1.68. The number of hydrogen-bond acceptors (Lipinski definition) is 3. The van der Waals surface area contributed by atoms with Gasteiger partial charge in [-0.3, -0.25) is 4.79 Å². The van der Waals surface area contributed by atoms with Gasteiger partial charge in [0.15, 0.2) is 0 Å². The second kappa shape index (κ2) is 6.19. The van der Waals surface area contributed by atoms with E-state index in [1.54, 1.807) is 7.11 Å². The third-order valence-electron chi connectivity index (χ3n) is 2.87. The summed E-state index contributed by atoms with van der Waals surface area (Å²) < 4.78 is 5.17. The van der Waals surface area contributed by atoms with E-state index in [1.165, 1.54) is 6.07 Å². The second-order valence-corrected chi connectivity index (χ2v) is 4.82. The summed E-state index contributed by atoms with van der Waals surface area (Å²) in [5.41, 5.74) is 1.52. The molecule has 2 rings (SSSR count). The zero-order chi connectivity index (χ0) is 14.5. The van der Waals surface area contributed by atoms with E-state index >= 15 is 0 Å². The highest BCUT2D eigenvalue weighted by molar-refractivity contribution is 5.68. The molecule has 20 heavy (non-hydrogen) atoms. The fourth-order valence-corrected chi connectivity index (χ4v) is 1.78. The molecule has 0 aliphatic heterocycles. The van der Waals surface area contributed by atoms with Crippen LogP contribution in [0.5, 0.6) is 5.75 Å². The fourth-order valence-electron chi connectivity index (χ4n) is 1.78. The first kappa shape index (κ1) is 14.1. The lowest BCUT2D eigenvalue weighted by atomic mass is 10.1. The van der Waals surface area contributed by atoms with E-state index in [4.69, 9.17) is 4.74 Å². The third kappa shape index (κ3) is 3.57. The normalized spacial score (nSPS) is 11.2. The van der Waals surface area contributed by atoms with Crippen LogP contribution in [0, 0.1) is 0 Å². The lowest BCUT2D eigenvalue weighted by molar-refractivity contribution is 0.414. The molecule has 0 aliphatic carbocycles. The maximum absolute atomic E-state index is 11.6. The Kier molecular flexibility index (Phi) is 4.35. The van der Waals surface area contributed by atoms with E-state index in [0.717, 1.165) is 11.3 Å². The predicted octanol–water partition coefficient (Wildman–Crippen LogP) is 3.07. The molecule has 0 bridgehead atoms. The standard InChI is InChI=1S/C16H18N2O2/c1-11(2)16-17-13(10-15(19)18-16)8-7-12-5-4-6-14(9-12)20-3/h4-11H,1-3H3,(H,17,18,19)/b8-7+. The summed E-state index contributed by atoms with van der Waals surface area (Å²) >= 11 is 0. The SMILES string of the molecule is COc1cccc(/C=C/c2cc(=O)[nH]c(C(C)C)n2)c1. The van der Waals surface area contributed by atoms with Crippen LogP contribution in [0.2, 0.25) is 0 Å². The van der Waals surface area contributed by atoms with Gasteiger partial charge in [-0.25, -0.2) is 4.98 Å². The largest absolute Gasteiger partial charge is 0.497 e. The van der Waals surface area contributed by atoms with Gasteiger partial charge in [0, 0.05) is 12.0 Å². The average Bonchev–Trinajstić information content (AvgIpc) is 2.44. The molecule has 0 atom stereocenters. The van der Waals surface area contributed by atoms with Gasteiger partial charge in [-0.2, -0.15) is 0 Å². The molecule has 1 aromatic heterocycles. The molecule has 0 radical (unpaired) electrons. The molecular formula is C16H18N2O2. The summed E-state index contributed by atoms with van der Waals surface area (Å²) in [6, 6.07) is 9.19. The smallest absolute Gasteiger partial charge is 0.251 e. The second-order valence-electron chi connectivity index (χ2n) is 4.82. The van der Waals surface area contributed by atoms with Gasteiger partial charge in [-0.15, -0.1) is 0 Å². The van der Waals surface area contributed by atoms with Gasteiger partial charge in [0.2, 0.25) is 0 Å². The minimum Gasteiger partial charge on any atom is -0.497 e. The van der Waals surface area contributed by atoms with Gasteiger partial charge in [0.05, 0.1) is 12.8 Å². The predicted molar refractivity (Wildman–Crippen MR) is 80.9 cm³/mol. The van der Waals surface area contributed by atoms with Crippen molar-refractivity contribution >= 4 is 12.2 Å². The van der Waals surface area contributed by atoms with Crippen LogP contribution < -0.4 is 10.3 Å². The molecule has 1 N–H and O–H groups in total. The molecular weight excluding hydrogens is 252 g/mol. The molecule has 0 spiro atoms. The van der Waals surface area contributed by atoms with E-state index in [2.05, 4.69) is 9.97 Å². The van der Waals surface area contributed by atoms with Crippen molar-refractivity contribution in [1.82, 2.24) is 9.97 Å². The third-order valence-corrected chi connectivity index (χ3v) is 2.87. The molecule has 104 valence electrons. The Balaban J connectivity index is 2.28. The molecule has 0 saturated heterocycles. The monoisotopic (exact) mass is 270 g/mol. The molecule has 0 unspecified atom stereocenters. The van der Waals surface area contributed by atoms with Crippen LogP contribution in [0.1, 0.15) is 36.8 Å². The van der Waals surface area contributed by atoms with E-state index in [9.17, 15) is 4.79 Å². The van der Waals surface area contributed by atoms with Crippen LogP contribution in [0.4, 0.5) is 0 Å². The van der Waals surface area contributed by atoms with Crippen molar-refractivity contribution in [2.24, 2.45) is 0 Å². The van der Waals surface area contributed by atoms with Crippen LogP contribution in [0.15, 0.2) is 35.1 Å². The fraction of sp³-hybridized carbons (Fsp3) is 0.250. The van der Waals surface area contributed by atoms with Crippen LogP contribution in [-0.2, 0) is 0 Å². The Morgan fingerprint density at radius 3 is 2.75 bits per heavy atom. The molecule has 4 heteroatoms. The van der Waals surface area contributed by atoms with Crippen molar-refractivity contribution in [3.05, 3.63) is 57.8 Å². The van der Waals surface area contributed by atoms with E-state index in [-0.39, 0.29) is 11.5 Å². The summed E-state index contributed by atoms with van der Waals surface area (Å²) in [6.45, 7) is 3.99. The van der Waals surface area contributed by atoms with Crippen molar-refractivity contribution in [1.29, 1.82) is 0 Å². The Morgan fingerprint density at radius 2 is 2.05 bits per heavy atom. The molecule has 2 aromatic rings. The first-order chi connectivity index (χ1) is 9.58. The number of nitrogens with one attached hydrogen (secondary N) is 1. The Bertz CT molecular complexity index is 672. The number of H-pyrrole nitrogens is 1. The molecule has 0 fully saturated rings. The summed E-state index contributed by atoms with van der Waals surface area (Å²) in [4.78, 5) is 18.7. The molecule has 0 amide bonds. The van der Waals surface area contributed by atoms with Crippen LogP contribution in [0.3, 0.4) is 0 Å². The van der Waals surface area contributed by atoms with Gasteiger partial charge in [0.1, 0.15) is 11.6 Å². The summed E-state index contributed by atoms with van der Waals surface area (Å²) in [7, 11) is 1.63. The topological polar surface area (TPSA) is 55.0 Å². The average molecular weight is 270 g/mol. The highest BCUT2D eigenvalue weighted by atomic mass is 16.5. The van der Waals surface area contributed by atoms with Gasteiger partial charge in [-0.1, -0.05) is 32.1 Å². The van der Waals surface area contributed by atoms with Crippen molar-refractivity contribution in [3.8, 4) is 5.75 Å². The number of aromatic nitrogens is 2. The maximum atomic E-state index is 11.6. The molecule has 1 aromatic carbocycles. The summed E-state index contributed by atoms with van der Waals surface area (Å²) in [5, 5.41) is 0. The number of methoxy groups -OCH3 is 1. The van der Waals surface area contributed by atoms with E-state index < -0.39 is 0 Å². The number of rotatable bonds is 4. The molecule has 1 heterocycles. The zero-order valence-electron chi connectivity index (χ0n) is 11.9. The highest BCUT2D eigenvalue weighted by Gasteiger charge is 2.03. The van der Waals surface area contributed by atoms with Crippen LogP contribution in [-0.4, -0.2) is 17.1 Å². The number of hydrogen-bond donors (Lipinski definition) is 1. The number of ether oxygens (including phenoxy) is 1. The number of aromatic amines is 1. The van der Waals surface area contributed by atoms with Crippen LogP contribution in [0.25, 0.3) is 12.2 Å². The van der Waals surface area contributed by atoms with Gasteiger partial charge in [0.25, 0.3) is 5.56 Å². The highest BCUT2D eigenvalue weighted by Crippen LogP contribution is 2.15. The van der Waals surface area contributed by atoms with Gasteiger partial charge >= 0.3 is 0 Å².